The van der Waals surface area contributed by atoms with Gasteiger partial charge in [-0.05, 0) is 18.6 Å². The lowest BCUT2D eigenvalue weighted by molar-refractivity contribution is 0.375. The summed E-state index contributed by atoms with van der Waals surface area (Å²) >= 11 is 0. The molecule has 0 radical (unpaired) electrons. The van der Waals surface area contributed by atoms with Gasteiger partial charge in [0.05, 0.1) is 0 Å². The number of hydrogen-bond acceptors (Lipinski definition) is 5. The van der Waals surface area contributed by atoms with Crippen LogP contribution in [0.15, 0.2) is 40.3 Å². The smallest absolute Gasteiger partial charge is 0.233 e. The van der Waals surface area contributed by atoms with E-state index in [-0.39, 0.29) is 6.54 Å². The summed E-state index contributed by atoms with van der Waals surface area (Å²) in [6, 6.07) is 9.21. The maximum atomic E-state index is 11.7. The van der Waals surface area contributed by atoms with Crippen molar-refractivity contribution < 1.29 is 12.9 Å². The summed E-state index contributed by atoms with van der Waals surface area (Å²) in [4.78, 5) is 3.99. The van der Waals surface area contributed by atoms with Crippen LogP contribution in [0.4, 0.5) is 0 Å². The Bertz CT molecular complexity index is 678. The fraction of sp³-hybridized carbons (Fsp3) is 0.231. The van der Waals surface area contributed by atoms with Gasteiger partial charge in [-0.3, -0.25) is 0 Å². The van der Waals surface area contributed by atoms with Crippen LogP contribution in [-0.2, 0) is 16.4 Å². The summed E-state index contributed by atoms with van der Waals surface area (Å²) in [5.41, 5.74) is 0.824. The van der Waals surface area contributed by atoms with Gasteiger partial charge in [-0.15, -0.1) is 0 Å². The molecule has 20 heavy (non-hydrogen) atoms. The van der Waals surface area contributed by atoms with Crippen LogP contribution in [0.2, 0.25) is 0 Å². The second-order valence-electron chi connectivity index (χ2n) is 4.14. The third kappa shape index (κ3) is 4.60. The van der Waals surface area contributed by atoms with Gasteiger partial charge in [0, 0.05) is 18.4 Å². The molecule has 0 saturated carbocycles. The van der Waals surface area contributed by atoms with Crippen molar-refractivity contribution in [1.29, 1.82) is 0 Å². The molecule has 2 aromatic rings. The standard InChI is InChI=1S/C13H15N3O3S/c1-11-15-13(19-16-11)7-9-14-20(17,18)10-8-12-5-3-2-4-6-12/h2-6,8,10,14H,7,9H2,1H3/b10-8+. The molecular weight excluding hydrogens is 278 g/mol. The molecule has 0 fully saturated rings. The summed E-state index contributed by atoms with van der Waals surface area (Å²) in [7, 11) is -3.46. The van der Waals surface area contributed by atoms with Gasteiger partial charge in [0.25, 0.3) is 0 Å². The number of nitrogens with zero attached hydrogens (tertiary/aromatic N) is 2. The average Bonchev–Trinajstić information content (AvgIpc) is 2.83. The maximum absolute atomic E-state index is 11.7. The molecular formula is C13H15N3O3S. The summed E-state index contributed by atoms with van der Waals surface area (Å²) in [5.74, 6) is 0.948. The zero-order valence-corrected chi connectivity index (χ0v) is 11.8. The molecule has 1 N–H and O–H groups in total. The van der Waals surface area contributed by atoms with E-state index in [0.717, 1.165) is 11.0 Å². The highest BCUT2D eigenvalue weighted by molar-refractivity contribution is 7.92. The Morgan fingerprint density at radius 3 is 2.70 bits per heavy atom. The molecule has 1 aromatic heterocycles. The molecule has 0 unspecified atom stereocenters. The van der Waals surface area contributed by atoms with Crippen molar-refractivity contribution in [2.24, 2.45) is 0 Å². The lowest BCUT2D eigenvalue weighted by atomic mass is 10.2. The van der Waals surface area contributed by atoms with Crippen molar-refractivity contribution in [2.75, 3.05) is 6.54 Å². The highest BCUT2D eigenvalue weighted by atomic mass is 32.2. The molecule has 0 spiro atoms. The minimum absolute atomic E-state index is 0.211. The van der Waals surface area contributed by atoms with E-state index in [4.69, 9.17) is 4.52 Å². The Balaban J connectivity index is 1.86. The van der Waals surface area contributed by atoms with Crippen molar-refractivity contribution in [3.8, 4) is 0 Å². The quantitative estimate of drug-likeness (QED) is 0.872. The van der Waals surface area contributed by atoms with Gasteiger partial charge < -0.3 is 4.52 Å². The van der Waals surface area contributed by atoms with E-state index in [1.54, 1.807) is 13.0 Å². The van der Waals surface area contributed by atoms with Gasteiger partial charge in [0.2, 0.25) is 15.9 Å². The van der Waals surface area contributed by atoms with Gasteiger partial charge in [0.1, 0.15) is 0 Å². The van der Waals surface area contributed by atoms with Crippen LogP contribution < -0.4 is 4.72 Å². The maximum Gasteiger partial charge on any atom is 0.233 e. The first-order valence-corrected chi connectivity index (χ1v) is 7.62. The first-order valence-electron chi connectivity index (χ1n) is 6.07. The second-order valence-corrected chi connectivity index (χ2v) is 5.79. The van der Waals surface area contributed by atoms with Gasteiger partial charge in [0.15, 0.2) is 5.82 Å². The fourth-order valence-corrected chi connectivity index (χ4v) is 2.34. The Kier molecular flexibility index (Phi) is 4.65. The number of aryl methyl sites for hydroxylation is 1. The van der Waals surface area contributed by atoms with Crippen LogP contribution in [0.1, 0.15) is 17.3 Å². The largest absolute Gasteiger partial charge is 0.339 e. The van der Waals surface area contributed by atoms with Crippen LogP contribution in [-0.4, -0.2) is 25.1 Å². The van der Waals surface area contributed by atoms with Crippen molar-refractivity contribution in [3.63, 3.8) is 0 Å². The first-order chi connectivity index (χ1) is 9.55. The zero-order chi connectivity index (χ0) is 14.4. The second kappa shape index (κ2) is 6.44. The SMILES string of the molecule is Cc1noc(CCNS(=O)(=O)/C=C/c2ccccc2)n1. The van der Waals surface area contributed by atoms with Crippen LogP contribution in [0.3, 0.4) is 0 Å². The lowest BCUT2D eigenvalue weighted by Gasteiger charge is -2.00. The number of aromatic nitrogens is 2. The molecule has 0 aliphatic heterocycles. The minimum Gasteiger partial charge on any atom is -0.339 e. The average molecular weight is 293 g/mol. The molecule has 0 bridgehead atoms. The molecule has 106 valence electrons. The van der Waals surface area contributed by atoms with E-state index in [0.29, 0.717) is 18.1 Å². The van der Waals surface area contributed by atoms with E-state index >= 15 is 0 Å². The molecule has 0 saturated heterocycles. The lowest BCUT2D eigenvalue weighted by Crippen LogP contribution is -2.23. The number of hydrogen-bond donors (Lipinski definition) is 1. The molecule has 6 nitrogen and oxygen atoms in total. The Morgan fingerprint density at radius 1 is 1.30 bits per heavy atom. The van der Waals surface area contributed by atoms with Crippen molar-refractivity contribution in [2.45, 2.75) is 13.3 Å². The third-order valence-electron chi connectivity index (χ3n) is 2.45. The Hall–Kier alpha value is -1.99. The predicted octanol–water partition coefficient (Wildman–Crippen LogP) is 1.51. The normalized spacial score (nSPS) is 12.1. The highest BCUT2D eigenvalue weighted by Gasteiger charge is 2.07. The third-order valence-corrected chi connectivity index (χ3v) is 3.55. The van der Waals surface area contributed by atoms with Crippen molar-refractivity contribution >= 4 is 16.1 Å². The van der Waals surface area contributed by atoms with Crippen molar-refractivity contribution in [3.05, 3.63) is 53.0 Å². The van der Waals surface area contributed by atoms with E-state index < -0.39 is 10.0 Å². The van der Waals surface area contributed by atoms with Gasteiger partial charge in [-0.2, -0.15) is 4.98 Å². The summed E-state index contributed by atoms with van der Waals surface area (Å²) in [6.45, 7) is 1.92. The number of nitrogens with one attached hydrogen (secondary N) is 1. The van der Waals surface area contributed by atoms with E-state index in [9.17, 15) is 8.42 Å². The van der Waals surface area contributed by atoms with Gasteiger partial charge in [-0.1, -0.05) is 35.5 Å². The number of rotatable bonds is 6. The predicted molar refractivity (Wildman–Crippen MR) is 75.1 cm³/mol. The fourth-order valence-electron chi connectivity index (χ4n) is 1.52. The molecule has 0 aliphatic rings. The Morgan fingerprint density at radius 2 is 2.05 bits per heavy atom. The van der Waals surface area contributed by atoms with Crippen LogP contribution in [0.5, 0.6) is 0 Å². The highest BCUT2D eigenvalue weighted by Crippen LogP contribution is 2.03. The van der Waals surface area contributed by atoms with Crippen LogP contribution in [0, 0.1) is 6.92 Å². The van der Waals surface area contributed by atoms with Gasteiger partial charge >= 0.3 is 0 Å². The number of benzene rings is 1. The monoisotopic (exact) mass is 293 g/mol. The molecule has 1 aromatic carbocycles. The Labute approximate surface area is 117 Å². The molecule has 0 aliphatic carbocycles. The molecule has 7 heteroatoms. The number of sulfonamides is 1. The molecule has 0 atom stereocenters. The first kappa shape index (κ1) is 14.4. The molecule has 2 rings (SSSR count). The van der Waals surface area contributed by atoms with E-state index in [1.807, 2.05) is 30.3 Å². The van der Waals surface area contributed by atoms with Crippen LogP contribution in [0.25, 0.3) is 6.08 Å². The van der Waals surface area contributed by atoms with Crippen molar-refractivity contribution in [1.82, 2.24) is 14.9 Å². The minimum atomic E-state index is -3.46. The summed E-state index contributed by atoms with van der Waals surface area (Å²) < 4.78 is 30.8. The molecule has 1 heterocycles. The topological polar surface area (TPSA) is 85.1 Å². The van der Waals surface area contributed by atoms with E-state index in [1.165, 1.54) is 0 Å². The van der Waals surface area contributed by atoms with E-state index in [2.05, 4.69) is 14.9 Å². The zero-order valence-electron chi connectivity index (χ0n) is 11.0. The summed E-state index contributed by atoms with van der Waals surface area (Å²) in [6.07, 6.45) is 1.90. The molecule has 0 amide bonds. The van der Waals surface area contributed by atoms with Crippen LogP contribution >= 0.6 is 0 Å². The van der Waals surface area contributed by atoms with Gasteiger partial charge in [-0.25, -0.2) is 13.1 Å². The summed E-state index contributed by atoms with van der Waals surface area (Å²) in [5, 5.41) is 4.77.